The highest BCUT2D eigenvalue weighted by Crippen LogP contribution is 2.15. The maximum atomic E-state index is 12.4. The summed E-state index contributed by atoms with van der Waals surface area (Å²) in [4.78, 5) is 14.7. The molecule has 0 saturated carbocycles. The van der Waals surface area contributed by atoms with Crippen LogP contribution in [0.3, 0.4) is 0 Å². The van der Waals surface area contributed by atoms with Gasteiger partial charge in [-0.25, -0.2) is 0 Å². The molecular formula is C19H33N5O. The molecule has 0 unspecified atom stereocenters. The summed E-state index contributed by atoms with van der Waals surface area (Å²) in [6, 6.07) is -0.0116. The molecule has 25 heavy (non-hydrogen) atoms. The summed E-state index contributed by atoms with van der Waals surface area (Å²) >= 11 is 0. The van der Waals surface area contributed by atoms with Crippen molar-refractivity contribution in [3.05, 3.63) is 11.6 Å². The summed E-state index contributed by atoms with van der Waals surface area (Å²) < 4.78 is 2.30. The first kappa shape index (κ1) is 18.4. The number of nitrogens with one attached hydrogen (secondary N) is 1. The van der Waals surface area contributed by atoms with Crippen molar-refractivity contribution in [1.82, 2.24) is 25.0 Å². The van der Waals surface area contributed by atoms with Crippen LogP contribution in [0.1, 0.15) is 69.9 Å². The number of rotatable bonds is 6. The topological polar surface area (TPSA) is 63.1 Å². The Bertz CT molecular complexity index is 548. The molecule has 3 heterocycles. The molecule has 0 aliphatic carbocycles. The van der Waals surface area contributed by atoms with E-state index in [1.54, 1.807) is 0 Å². The Hall–Kier alpha value is -1.43. The monoisotopic (exact) mass is 347 g/mol. The van der Waals surface area contributed by atoms with Crippen LogP contribution >= 0.6 is 0 Å². The Labute approximate surface area is 151 Å². The van der Waals surface area contributed by atoms with Gasteiger partial charge in [0.05, 0.1) is 6.04 Å². The van der Waals surface area contributed by atoms with Crippen molar-refractivity contribution in [2.45, 2.75) is 83.7 Å². The van der Waals surface area contributed by atoms with Gasteiger partial charge in [0.15, 0.2) is 0 Å². The Kier molecular flexibility index (Phi) is 6.84. The van der Waals surface area contributed by atoms with Gasteiger partial charge in [0.1, 0.15) is 11.6 Å². The summed E-state index contributed by atoms with van der Waals surface area (Å²) in [6.45, 7) is 5.93. The van der Waals surface area contributed by atoms with Crippen molar-refractivity contribution < 1.29 is 4.79 Å². The van der Waals surface area contributed by atoms with Crippen LogP contribution < -0.4 is 5.32 Å². The number of fused-ring (bicyclic) bond motifs is 1. The highest BCUT2D eigenvalue weighted by molar-refractivity contribution is 5.81. The fraction of sp³-hybridized carbons (Fsp3) is 0.842. The summed E-state index contributed by atoms with van der Waals surface area (Å²) in [6.07, 6.45) is 11.6. The average Bonchev–Trinajstić information content (AvgIpc) is 2.84. The molecule has 6 heteroatoms. The van der Waals surface area contributed by atoms with Gasteiger partial charge in [-0.2, -0.15) is 0 Å². The molecule has 1 aromatic heterocycles. The van der Waals surface area contributed by atoms with Gasteiger partial charge in [-0.15, -0.1) is 10.2 Å². The fourth-order valence-corrected chi connectivity index (χ4v) is 3.98. The van der Waals surface area contributed by atoms with E-state index in [2.05, 4.69) is 25.0 Å². The van der Waals surface area contributed by atoms with Crippen LogP contribution in [0.5, 0.6) is 0 Å². The third-order valence-electron chi connectivity index (χ3n) is 5.63. The second kappa shape index (κ2) is 9.32. The van der Waals surface area contributed by atoms with Crippen LogP contribution in [0.4, 0.5) is 0 Å². The molecule has 1 amide bonds. The van der Waals surface area contributed by atoms with Crippen LogP contribution in [0.2, 0.25) is 0 Å². The third-order valence-corrected chi connectivity index (χ3v) is 5.63. The Morgan fingerprint density at radius 2 is 1.76 bits per heavy atom. The van der Waals surface area contributed by atoms with Crippen molar-refractivity contribution in [2.75, 3.05) is 19.6 Å². The van der Waals surface area contributed by atoms with Crippen LogP contribution in [0.25, 0.3) is 0 Å². The summed E-state index contributed by atoms with van der Waals surface area (Å²) in [5.74, 6) is 2.40. The third kappa shape index (κ3) is 5.03. The van der Waals surface area contributed by atoms with E-state index in [0.29, 0.717) is 0 Å². The number of likely N-dealkylation sites (tertiary alicyclic amines) is 1. The van der Waals surface area contributed by atoms with Crippen LogP contribution in [-0.4, -0.2) is 51.2 Å². The highest BCUT2D eigenvalue weighted by Gasteiger charge is 2.21. The first-order valence-electron chi connectivity index (χ1n) is 10.2. The molecule has 6 nitrogen and oxygen atoms in total. The number of hydrogen-bond acceptors (Lipinski definition) is 4. The van der Waals surface area contributed by atoms with Crippen molar-refractivity contribution in [1.29, 1.82) is 0 Å². The van der Waals surface area contributed by atoms with E-state index in [4.69, 9.17) is 0 Å². The molecule has 1 atom stereocenters. The van der Waals surface area contributed by atoms with E-state index in [1.165, 1.54) is 44.9 Å². The standard InChI is InChI=1S/C19H33N5O/c1-16(23-13-6-2-3-7-14-23)19(25)20-12-9-11-18-22-21-17-10-5-4-8-15-24(17)18/h16H,2-15H2,1H3,(H,20,25)/t16-/m0/s1. The lowest BCUT2D eigenvalue weighted by atomic mass is 10.2. The Morgan fingerprint density at radius 3 is 2.56 bits per heavy atom. The first-order valence-corrected chi connectivity index (χ1v) is 10.2. The molecular weight excluding hydrogens is 314 g/mol. The number of hydrogen-bond donors (Lipinski definition) is 1. The largest absolute Gasteiger partial charge is 0.355 e. The van der Waals surface area contributed by atoms with Gasteiger partial charge in [0.2, 0.25) is 5.91 Å². The van der Waals surface area contributed by atoms with Crippen molar-refractivity contribution in [3.63, 3.8) is 0 Å². The molecule has 3 rings (SSSR count). The van der Waals surface area contributed by atoms with E-state index in [0.717, 1.165) is 57.1 Å². The normalized spacial score (nSPS) is 20.4. The van der Waals surface area contributed by atoms with Crippen molar-refractivity contribution in [2.24, 2.45) is 0 Å². The number of aryl methyl sites for hydroxylation is 2. The Balaban J connectivity index is 1.40. The van der Waals surface area contributed by atoms with Gasteiger partial charge in [0.25, 0.3) is 0 Å². The number of nitrogens with zero attached hydrogens (tertiary/aromatic N) is 4. The predicted molar refractivity (Wildman–Crippen MR) is 98.4 cm³/mol. The fourth-order valence-electron chi connectivity index (χ4n) is 3.98. The second-order valence-corrected chi connectivity index (χ2v) is 7.52. The molecule has 0 radical (unpaired) electrons. The molecule has 1 aromatic rings. The summed E-state index contributed by atoms with van der Waals surface area (Å²) in [7, 11) is 0. The highest BCUT2D eigenvalue weighted by atomic mass is 16.2. The average molecular weight is 348 g/mol. The SMILES string of the molecule is C[C@@H](C(=O)NCCCc1nnc2n1CCCCC2)N1CCCCCC1. The molecule has 1 fully saturated rings. The molecule has 140 valence electrons. The minimum absolute atomic E-state index is 0.0116. The molecule has 0 spiro atoms. The number of carbonyl (C=O) groups excluding carboxylic acids is 1. The smallest absolute Gasteiger partial charge is 0.237 e. The molecule has 2 aliphatic rings. The minimum atomic E-state index is -0.0116. The van der Waals surface area contributed by atoms with E-state index in [1.807, 2.05) is 6.92 Å². The maximum absolute atomic E-state index is 12.4. The molecule has 0 bridgehead atoms. The van der Waals surface area contributed by atoms with E-state index in [9.17, 15) is 4.79 Å². The lowest BCUT2D eigenvalue weighted by Crippen LogP contribution is -2.45. The lowest BCUT2D eigenvalue weighted by Gasteiger charge is -2.26. The molecule has 0 aromatic carbocycles. The zero-order chi connectivity index (χ0) is 17.5. The van der Waals surface area contributed by atoms with Gasteiger partial charge >= 0.3 is 0 Å². The van der Waals surface area contributed by atoms with E-state index in [-0.39, 0.29) is 11.9 Å². The van der Waals surface area contributed by atoms with Crippen LogP contribution in [0.15, 0.2) is 0 Å². The van der Waals surface area contributed by atoms with E-state index >= 15 is 0 Å². The van der Waals surface area contributed by atoms with Crippen LogP contribution in [0, 0.1) is 0 Å². The molecule has 1 saturated heterocycles. The number of aromatic nitrogens is 3. The lowest BCUT2D eigenvalue weighted by molar-refractivity contribution is -0.125. The molecule has 1 N–H and O–H groups in total. The summed E-state index contributed by atoms with van der Waals surface area (Å²) in [5, 5.41) is 11.8. The second-order valence-electron chi connectivity index (χ2n) is 7.52. The predicted octanol–water partition coefficient (Wildman–Crippen LogP) is 2.32. The zero-order valence-electron chi connectivity index (χ0n) is 15.7. The number of amides is 1. The van der Waals surface area contributed by atoms with Crippen molar-refractivity contribution >= 4 is 5.91 Å². The zero-order valence-corrected chi connectivity index (χ0v) is 15.7. The maximum Gasteiger partial charge on any atom is 0.237 e. The van der Waals surface area contributed by atoms with Crippen LogP contribution in [-0.2, 0) is 24.2 Å². The van der Waals surface area contributed by atoms with Crippen molar-refractivity contribution in [3.8, 4) is 0 Å². The minimum Gasteiger partial charge on any atom is -0.355 e. The quantitative estimate of drug-likeness (QED) is 0.802. The summed E-state index contributed by atoms with van der Waals surface area (Å²) in [5.41, 5.74) is 0. The van der Waals surface area contributed by atoms with Gasteiger partial charge in [-0.05, 0) is 52.1 Å². The van der Waals surface area contributed by atoms with Gasteiger partial charge < -0.3 is 9.88 Å². The van der Waals surface area contributed by atoms with E-state index < -0.39 is 0 Å². The molecule has 2 aliphatic heterocycles. The van der Waals surface area contributed by atoms with Gasteiger partial charge in [0, 0.05) is 25.9 Å². The Morgan fingerprint density at radius 1 is 1.04 bits per heavy atom. The van der Waals surface area contributed by atoms with Gasteiger partial charge in [-0.1, -0.05) is 19.3 Å². The number of carbonyl (C=O) groups is 1. The van der Waals surface area contributed by atoms with Gasteiger partial charge in [-0.3, -0.25) is 9.69 Å². The first-order chi connectivity index (χ1) is 12.3.